The SMILES string of the molecule is COC(=O)N1CCC2(CC1)CN([C@@H]1CCc3cc(-c4ccc(C#N)cn4)ccc31)C2. The number of carbonyl (C=O) groups is 1. The summed E-state index contributed by atoms with van der Waals surface area (Å²) >= 11 is 0. The number of aromatic nitrogens is 1. The Hall–Kier alpha value is -2.91. The molecule has 1 spiro atoms. The van der Waals surface area contributed by atoms with Crippen molar-refractivity contribution in [1.29, 1.82) is 5.26 Å². The van der Waals surface area contributed by atoms with Gasteiger partial charge >= 0.3 is 6.09 Å². The van der Waals surface area contributed by atoms with Crippen molar-refractivity contribution in [3.63, 3.8) is 0 Å². The molecule has 0 unspecified atom stereocenters. The van der Waals surface area contributed by atoms with Gasteiger partial charge in [-0.3, -0.25) is 9.88 Å². The number of likely N-dealkylation sites (tertiary alicyclic amines) is 2. The number of pyridine rings is 1. The third kappa shape index (κ3) is 3.23. The summed E-state index contributed by atoms with van der Waals surface area (Å²) in [4.78, 5) is 20.6. The van der Waals surface area contributed by atoms with Crippen LogP contribution in [0.5, 0.6) is 0 Å². The Morgan fingerprint density at radius 1 is 1.23 bits per heavy atom. The molecule has 2 aliphatic heterocycles. The number of carbonyl (C=O) groups excluding carboxylic acids is 1. The van der Waals surface area contributed by atoms with E-state index in [0.717, 1.165) is 56.7 Å². The predicted molar refractivity (Wildman–Crippen MR) is 113 cm³/mol. The van der Waals surface area contributed by atoms with Crippen molar-refractivity contribution in [2.75, 3.05) is 33.3 Å². The van der Waals surface area contributed by atoms with Crippen LogP contribution in [-0.4, -0.2) is 54.2 Å². The van der Waals surface area contributed by atoms with Crippen molar-refractivity contribution in [1.82, 2.24) is 14.8 Å². The number of amides is 1. The number of ether oxygens (including phenoxy) is 1. The van der Waals surface area contributed by atoms with Crippen LogP contribution >= 0.6 is 0 Å². The number of benzene rings is 1. The fraction of sp³-hybridized carbons (Fsp3) is 0.458. The first-order valence-corrected chi connectivity index (χ1v) is 10.7. The van der Waals surface area contributed by atoms with Crippen LogP contribution < -0.4 is 0 Å². The molecule has 6 heteroatoms. The first kappa shape index (κ1) is 19.1. The summed E-state index contributed by atoms with van der Waals surface area (Å²) in [5.41, 5.74) is 5.87. The summed E-state index contributed by atoms with van der Waals surface area (Å²) in [5, 5.41) is 8.96. The standard InChI is InChI=1S/C24H26N4O2/c1-30-23(29)27-10-8-24(9-11-27)15-28(16-24)22-7-4-18-12-19(3-5-20(18)22)21-6-2-17(13-25)14-26-21/h2-3,5-6,12,14,22H,4,7-11,15-16H2,1H3/t22-/m1/s1. The van der Waals surface area contributed by atoms with E-state index in [2.05, 4.69) is 34.2 Å². The normalized spacial score (nSPS) is 22.3. The van der Waals surface area contributed by atoms with Crippen molar-refractivity contribution in [3.05, 3.63) is 53.2 Å². The Kier molecular flexibility index (Phi) is 4.71. The zero-order valence-electron chi connectivity index (χ0n) is 17.3. The molecule has 1 aliphatic carbocycles. The van der Waals surface area contributed by atoms with Crippen LogP contribution in [0.15, 0.2) is 36.5 Å². The van der Waals surface area contributed by atoms with Gasteiger partial charge in [0.2, 0.25) is 0 Å². The quantitative estimate of drug-likeness (QED) is 0.765. The second-order valence-electron chi connectivity index (χ2n) is 8.87. The highest BCUT2D eigenvalue weighted by molar-refractivity contribution is 5.67. The molecule has 0 saturated carbocycles. The minimum Gasteiger partial charge on any atom is -0.453 e. The summed E-state index contributed by atoms with van der Waals surface area (Å²) < 4.78 is 4.86. The van der Waals surface area contributed by atoms with E-state index in [1.165, 1.54) is 24.7 Å². The third-order valence-electron chi connectivity index (χ3n) is 7.15. The Morgan fingerprint density at radius 2 is 2.03 bits per heavy atom. The number of hydrogen-bond acceptors (Lipinski definition) is 5. The summed E-state index contributed by atoms with van der Waals surface area (Å²) in [6.45, 7) is 3.88. The van der Waals surface area contributed by atoms with Gasteiger partial charge in [-0.25, -0.2) is 4.79 Å². The molecule has 154 valence electrons. The first-order valence-electron chi connectivity index (χ1n) is 10.7. The number of aryl methyl sites for hydroxylation is 1. The van der Waals surface area contributed by atoms with Gasteiger partial charge in [-0.05, 0) is 60.4 Å². The van der Waals surface area contributed by atoms with E-state index in [9.17, 15) is 4.79 Å². The van der Waals surface area contributed by atoms with Crippen LogP contribution in [0.25, 0.3) is 11.3 Å². The van der Waals surface area contributed by atoms with Gasteiger partial charge in [0.1, 0.15) is 6.07 Å². The fourth-order valence-electron chi connectivity index (χ4n) is 5.41. The molecule has 0 radical (unpaired) electrons. The number of methoxy groups -OCH3 is 1. The van der Waals surface area contributed by atoms with Crippen LogP contribution in [0, 0.1) is 16.7 Å². The maximum atomic E-state index is 11.7. The number of hydrogen-bond donors (Lipinski definition) is 0. The molecule has 1 aromatic carbocycles. The highest BCUT2D eigenvalue weighted by Crippen LogP contribution is 2.48. The molecular formula is C24H26N4O2. The Labute approximate surface area is 177 Å². The molecule has 0 N–H and O–H groups in total. The van der Waals surface area contributed by atoms with Crippen molar-refractivity contribution in [2.24, 2.45) is 5.41 Å². The van der Waals surface area contributed by atoms with Crippen LogP contribution in [0.2, 0.25) is 0 Å². The van der Waals surface area contributed by atoms with E-state index in [-0.39, 0.29) is 6.09 Å². The number of nitriles is 1. The van der Waals surface area contributed by atoms with Crippen LogP contribution in [0.3, 0.4) is 0 Å². The first-order chi connectivity index (χ1) is 14.6. The van der Waals surface area contributed by atoms with E-state index in [1.807, 2.05) is 17.0 Å². The van der Waals surface area contributed by atoms with Crippen LogP contribution in [0.4, 0.5) is 4.79 Å². The third-order valence-corrected chi connectivity index (χ3v) is 7.15. The molecule has 0 bridgehead atoms. The molecule has 30 heavy (non-hydrogen) atoms. The van der Waals surface area contributed by atoms with E-state index in [4.69, 9.17) is 10.00 Å². The Balaban J connectivity index is 1.24. The number of nitrogens with zero attached hydrogens (tertiary/aromatic N) is 4. The zero-order valence-corrected chi connectivity index (χ0v) is 17.3. The van der Waals surface area contributed by atoms with Gasteiger partial charge in [-0.2, -0.15) is 5.26 Å². The minimum atomic E-state index is -0.196. The summed E-state index contributed by atoms with van der Waals surface area (Å²) in [7, 11) is 1.46. The Morgan fingerprint density at radius 3 is 2.70 bits per heavy atom. The topological polar surface area (TPSA) is 69.5 Å². The lowest BCUT2D eigenvalue weighted by Gasteiger charge is -2.56. The van der Waals surface area contributed by atoms with Gasteiger partial charge in [0, 0.05) is 44.0 Å². The average molecular weight is 402 g/mol. The molecular weight excluding hydrogens is 376 g/mol. The monoisotopic (exact) mass is 402 g/mol. The van der Waals surface area contributed by atoms with Crippen molar-refractivity contribution >= 4 is 6.09 Å². The van der Waals surface area contributed by atoms with E-state index >= 15 is 0 Å². The number of rotatable bonds is 2. The Bertz CT molecular complexity index is 995. The molecule has 3 aliphatic rings. The lowest BCUT2D eigenvalue weighted by Crippen LogP contribution is -2.61. The molecule has 3 heterocycles. The van der Waals surface area contributed by atoms with Gasteiger partial charge in [-0.15, -0.1) is 0 Å². The smallest absolute Gasteiger partial charge is 0.409 e. The van der Waals surface area contributed by atoms with Gasteiger partial charge in [0.25, 0.3) is 0 Å². The molecule has 2 aromatic rings. The van der Waals surface area contributed by atoms with Crippen molar-refractivity contribution in [3.8, 4) is 17.3 Å². The maximum absolute atomic E-state index is 11.7. The molecule has 5 rings (SSSR count). The fourth-order valence-corrected chi connectivity index (χ4v) is 5.41. The second kappa shape index (κ2) is 7.41. The van der Waals surface area contributed by atoms with Gasteiger partial charge < -0.3 is 9.64 Å². The summed E-state index contributed by atoms with van der Waals surface area (Å²) in [5.74, 6) is 0. The molecule has 2 fully saturated rings. The summed E-state index contributed by atoms with van der Waals surface area (Å²) in [6.07, 6.45) is 5.85. The molecule has 1 amide bonds. The largest absolute Gasteiger partial charge is 0.453 e. The molecule has 1 aromatic heterocycles. The lowest BCUT2D eigenvalue weighted by atomic mass is 9.71. The number of piperidine rings is 1. The van der Waals surface area contributed by atoms with Crippen LogP contribution in [0.1, 0.15) is 42.0 Å². The van der Waals surface area contributed by atoms with Gasteiger partial charge in [0.05, 0.1) is 18.4 Å². The van der Waals surface area contributed by atoms with Gasteiger partial charge in [0.15, 0.2) is 0 Å². The highest BCUT2D eigenvalue weighted by atomic mass is 16.5. The highest BCUT2D eigenvalue weighted by Gasteiger charge is 2.48. The number of fused-ring (bicyclic) bond motifs is 1. The van der Waals surface area contributed by atoms with E-state index in [0.29, 0.717) is 17.0 Å². The van der Waals surface area contributed by atoms with E-state index < -0.39 is 0 Å². The van der Waals surface area contributed by atoms with Gasteiger partial charge in [-0.1, -0.05) is 12.1 Å². The summed E-state index contributed by atoms with van der Waals surface area (Å²) in [6, 6.07) is 13.1. The molecule has 1 atom stereocenters. The molecule has 2 saturated heterocycles. The minimum absolute atomic E-state index is 0.196. The van der Waals surface area contributed by atoms with Crippen LogP contribution in [-0.2, 0) is 11.2 Å². The predicted octanol–water partition coefficient (Wildman–Crippen LogP) is 3.77. The van der Waals surface area contributed by atoms with Crippen molar-refractivity contribution in [2.45, 2.75) is 31.7 Å². The maximum Gasteiger partial charge on any atom is 0.409 e. The average Bonchev–Trinajstić information content (AvgIpc) is 3.20. The zero-order chi connectivity index (χ0) is 20.7. The van der Waals surface area contributed by atoms with E-state index in [1.54, 1.807) is 6.20 Å². The second-order valence-corrected chi connectivity index (χ2v) is 8.87. The lowest BCUT2D eigenvalue weighted by molar-refractivity contribution is -0.0671. The van der Waals surface area contributed by atoms with Crippen molar-refractivity contribution < 1.29 is 9.53 Å². The molecule has 6 nitrogen and oxygen atoms in total.